The lowest BCUT2D eigenvalue weighted by atomic mass is 9.67. The van der Waals surface area contributed by atoms with Gasteiger partial charge in [-0.05, 0) is 50.3 Å². The van der Waals surface area contributed by atoms with E-state index in [2.05, 4.69) is 21.7 Å². The molecule has 3 aliphatic rings. The van der Waals surface area contributed by atoms with Crippen LogP contribution in [0.3, 0.4) is 0 Å². The van der Waals surface area contributed by atoms with Crippen LogP contribution < -0.4 is 0 Å². The summed E-state index contributed by atoms with van der Waals surface area (Å²) in [5.74, 6) is 0.213. The molecule has 29 heavy (non-hydrogen) atoms. The number of likely N-dealkylation sites (tertiary alicyclic amines) is 2. The molecule has 3 heterocycles. The Labute approximate surface area is 175 Å². The Bertz CT molecular complexity index is 899. The van der Waals surface area contributed by atoms with Crippen LogP contribution in [0.1, 0.15) is 60.7 Å². The summed E-state index contributed by atoms with van der Waals surface area (Å²) in [5, 5.41) is 0. The van der Waals surface area contributed by atoms with Gasteiger partial charge in [0.25, 0.3) is 0 Å². The average Bonchev–Trinajstić information content (AvgIpc) is 3.37. The highest BCUT2D eigenvalue weighted by atomic mass is 32.1. The number of hydrogen-bond acceptors (Lipinski definition) is 4. The van der Waals surface area contributed by atoms with Crippen LogP contribution in [0.25, 0.3) is 0 Å². The molecule has 154 valence electrons. The topological polar surface area (TPSA) is 36.4 Å². The number of carbonyl (C=O) groups is 1. The summed E-state index contributed by atoms with van der Waals surface area (Å²) in [6, 6.07) is 7.41. The number of amides is 1. The van der Waals surface area contributed by atoms with E-state index >= 15 is 0 Å². The fourth-order valence-corrected chi connectivity index (χ4v) is 6.78. The maximum absolute atomic E-state index is 13.5. The molecule has 1 atom stereocenters. The van der Waals surface area contributed by atoms with Crippen molar-refractivity contribution in [1.29, 1.82) is 0 Å². The number of hydrogen-bond donors (Lipinski definition) is 0. The van der Waals surface area contributed by atoms with Gasteiger partial charge in [0.15, 0.2) is 0 Å². The molecule has 2 saturated heterocycles. The van der Waals surface area contributed by atoms with Crippen molar-refractivity contribution in [3.8, 4) is 0 Å². The van der Waals surface area contributed by atoms with Crippen molar-refractivity contribution < 1.29 is 9.18 Å². The second-order valence-electron chi connectivity index (χ2n) is 8.92. The minimum atomic E-state index is -0.173. The molecule has 1 amide bonds. The van der Waals surface area contributed by atoms with Gasteiger partial charge in [-0.15, -0.1) is 11.3 Å². The predicted octanol–water partition coefficient (Wildman–Crippen LogP) is 4.70. The summed E-state index contributed by atoms with van der Waals surface area (Å²) in [4.78, 5) is 23.7. The Kier molecular flexibility index (Phi) is 4.95. The molecule has 2 aromatic rings. The van der Waals surface area contributed by atoms with Crippen molar-refractivity contribution in [2.45, 2.75) is 64.1 Å². The second kappa shape index (κ2) is 7.47. The maximum atomic E-state index is 13.5. The van der Waals surface area contributed by atoms with Gasteiger partial charge in [-0.2, -0.15) is 0 Å². The monoisotopic (exact) mass is 413 g/mol. The summed E-state index contributed by atoms with van der Waals surface area (Å²) >= 11 is 1.72. The third kappa shape index (κ3) is 3.21. The molecule has 2 aliphatic heterocycles. The summed E-state index contributed by atoms with van der Waals surface area (Å²) in [6.45, 7) is 4.76. The highest BCUT2D eigenvalue weighted by Gasteiger charge is 2.63. The summed E-state index contributed by atoms with van der Waals surface area (Å²) in [7, 11) is 0. The zero-order valence-electron chi connectivity index (χ0n) is 16.9. The number of aromatic nitrogens is 1. The fourth-order valence-electron chi connectivity index (χ4n) is 5.76. The molecule has 6 heteroatoms. The maximum Gasteiger partial charge on any atom is 0.232 e. The van der Waals surface area contributed by atoms with E-state index in [-0.39, 0.29) is 17.3 Å². The van der Waals surface area contributed by atoms with E-state index in [1.54, 1.807) is 23.5 Å². The summed E-state index contributed by atoms with van der Waals surface area (Å²) in [6.07, 6.45) is 6.38. The highest BCUT2D eigenvalue weighted by molar-refractivity contribution is 7.09. The molecule has 1 aromatic heterocycles. The number of piperidine rings is 1. The van der Waals surface area contributed by atoms with Gasteiger partial charge in [0.2, 0.25) is 5.91 Å². The second-order valence-corrected chi connectivity index (χ2v) is 9.80. The first kappa shape index (κ1) is 19.2. The van der Waals surface area contributed by atoms with Crippen LogP contribution in [0.15, 0.2) is 29.8 Å². The Balaban J connectivity index is 1.29. The number of carbonyl (C=O) groups excluding carboxylic acids is 1. The molecular formula is C23H28FN3OS. The number of nitrogens with zero attached hydrogens (tertiary/aromatic N) is 3. The highest BCUT2D eigenvalue weighted by Crippen LogP contribution is 2.61. The van der Waals surface area contributed by atoms with Crippen LogP contribution in [-0.4, -0.2) is 39.8 Å². The number of β-lactam (4-membered cyclic amide) rings is 1. The lowest BCUT2D eigenvalue weighted by Gasteiger charge is -2.58. The van der Waals surface area contributed by atoms with Crippen molar-refractivity contribution in [1.82, 2.24) is 14.8 Å². The Morgan fingerprint density at radius 1 is 1.24 bits per heavy atom. The third-order valence-electron chi connectivity index (χ3n) is 7.23. The molecule has 5 rings (SSSR count). The lowest BCUT2D eigenvalue weighted by Crippen LogP contribution is -2.66. The van der Waals surface area contributed by atoms with E-state index in [4.69, 9.17) is 0 Å². The van der Waals surface area contributed by atoms with E-state index < -0.39 is 0 Å². The van der Waals surface area contributed by atoms with Crippen LogP contribution in [0.2, 0.25) is 0 Å². The minimum Gasteiger partial charge on any atom is -0.330 e. The van der Waals surface area contributed by atoms with Crippen LogP contribution in [0, 0.1) is 18.2 Å². The standard InChI is InChI=1S/C23H28FN3OS/c1-16-20(29-15-25-16)21-23(9-2-3-10-23)22(28)27(21)19-7-11-26(12-8-19)14-17-5-4-6-18(24)13-17/h4-6,13,15,19,21H,2-3,7-12,14H2,1H3. The Morgan fingerprint density at radius 3 is 2.66 bits per heavy atom. The quantitative estimate of drug-likeness (QED) is 0.682. The van der Waals surface area contributed by atoms with Gasteiger partial charge in [0, 0.05) is 25.7 Å². The SMILES string of the molecule is Cc1ncsc1C1N(C2CCN(Cc3cccc(F)c3)CC2)C(=O)C12CCCC2. The van der Waals surface area contributed by atoms with Gasteiger partial charge in [-0.1, -0.05) is 25.0 Å². The Morgan fingerprint density at radius 2 is 2.00 bits per heavy atom. The predicted molar refractivity (Wildman–Crippen MR) is 112 cm³/mol. The zero-order valence-corrected chi connectivity index (χ0v) is 17.8. The van der Waals surface area contributed by atoms with Crippen molar-refractivity contribution in [2.75, 3.05) is 13.1 Å². The van der Waals surface area contributed by atoms with Crippen molar-refractivity contribution in [3.63, 3.8) is 0 Å². The molecule has 3 fully saturated rings. The first-order chi connectivity index (χ1) is 14.1. The number of aryl methyl sites for hydroxylation is 1. The lowest BCUT2D eigenvalue weighted by molar-refractivity contribution is -0.180. The van der Waals surface area contributed by atoms with Gasteiger partial charge in [0.05, 0.1) is 27.5 Å². The van der Waals surface area contributed by atoms with Crippen LogP contribution in [-0.2, 0) is 11.3 Å². The van der Waals surface area contributed by atoms with Crippen LogP contribution in [0.5, 0.6) is 0 Å². The van der Waals surface area contributed by atoms with Gasteiger partial charge in [0.1, 0.15) is 5.82 Å². The molecule has 1 aliphatic carbocycles. The molecule has 4 nitrogen and oxygen atoms in total. The van der Waals surface area contributed by atoms with Crippen LogP contribution >= 0.6 is 11.3 Å². The minimum absolute atomic E-state index is 0.157. The van der Waals surface area contributed by atoms with E-state index in [0.717, 1.165) is 56.6 Å². The first-order valence-corrected chi connectivity index (χ1v) is 11.7. The molecule has 0 radical (unpaired) electrons. The zero-order chi connectivity index (χ0) is 20.0. The smallest absolute Gasteiger partial charge is 0.232 e. The first-order valence-electron chi connectivity index (χ1n) is 10.8. The van der Waals surface area contributed by atoms with Gasteiger partial charge < -0.3 is 4.90 Å². The average molecular weight is 414 g/mol. The molecule has 1 aromatic carbocycles. The van der Waals surface area contributed by atoms with Crippen LogP contribution in [0.4, 0.5) is 4.39 Å². The van der Waals surface area contributed by atoms with Crippen molar-refractivity contribution in [3.05, 3.63) is 51.7 Å². The molecule has 0 N–H and O–H groups in total. The van der Waals surface area contributed by atoms with E-state index in [9.17, 15) is 9.18 Å². The largest absolute Gasteiger partial charge is 0.330 e. The van der Waals surface area contributed by atoms with E-state index in [1.807, 2.05) is 11.6 Å². The van der Waals surface area contributed by atoms with Crippen molar-refractivity contribution >= 4 is 17.2 Å². The van der Waals surface area contributed by atoms with Crippen molar-refractivity contribution in [2.24, 2.45) is 5.41 Å². The van der Waals surface area contributed by atoms with E-state index in [1.165, 1.54) is 23.8 Å². The van der Waals surface area contributed by atoms with Gasteiger partial charge in [-0.25, -0.2) is 9.37 Å². The Hall–Kier alpha value is -1.79. The molecule has 1 unspecified atom stereocenters. The normalized spacial score (nSPS) is 25.0. The molecule has 0 bridgehead atoms. The molecule has 1 saturated carbocycles. The number of thiazole rings is 1. The van der Waals surface area contributed by atoms with Gasteiger partial charge in [-0.3, -0.25) is 9.69 Å². The number of rotatable bonds is 4. The van der Waals surface area contributed by atoms with Gasteiger partial charge >= 0.3 is 0 Å². The van der Waals surface area contributed by atoms with E-state index in [0.29, 0.717) is 11.9 Å². The summed E-state index contributed by atoms with van der Waals surface area (Å²) < 4.78 is 13.5. The number of benzene rings is 1. The molecule has 1 spiro atoms. The number of halogens is 1. The fraction of sp³-hybridized carbons (Fsp3) is 0.565. The third-order valence-corrected chi connectivity index (χ3v) is 8.22. The molecular weight excluding hydrogens is 385 g/mol. The summed E-state index contributed by atoms with van der Waals surface area (Å²) in [5.41, 5.74) is 3.88.